The first-order valence-corrected chi connectivity index (χ1v) is 19.8. The largest absolute Gasteiger partial charge is 0.505 e. The maximum absolute atomic E-state index is 14.6. The molecule has 0 radical (unpaired) electrons. The highest BCUT2D eigenvalue weighted by atomic mass is 16.7. The number of aliphatic hydroxyl groups excluding tert-OH is 2. The number of allylic oxidation sites excluding steroid dienone is 2. The Morgan fingerprint density at radius 2 is 1.68 bits per heavy atom. The van der Waals surface area contributed by atoms with Crippen molar-refractivity contribution in [1.29, 1.82) is 0 Å². The predicted molar refractivity (Wildman–Crippen MR) is 226 cm³/mol. The number of Topliss-reactive ketones (excluding diaryl/α,β-unsaturated/α-hetero) is 1. The summed E-state index contributed by atoms with van der Waals surface area (Å²) in [7, 11) is 5.15. The van der Waals surface area contributed by atoms with Crippen LogP contribution in [-0.2, 0) is 23.8 Å². The number of rotatable bonds is 3. The number of aromatic hydroxyl groups is 1. The van der Waals surface area contributed by atoms with Gasteiger partial charge in [0.15, 0.2) is 22.3 Å². The van der Waals surface area contributed by atoms with Crippen LogP contribution in [0.15, 0.2) is 63.6 Å². The number of carbonyl (C=O) groups is 3. The van der Waals surface area contributed by atoms with E-state index in [2.05, 4.69) is 5.32 Å². The predicted octanol–water partition coefficient (Wildman–Crippen LogP) is 6.06. The Morgan fingerprint density at radius 3 is 2.33 bits per heavy atom. The van der Waals surface area contributed by atoms with E-state index in [9.17, 15) is 34.5 Å². The van der Waals surface area contributed by atoms with Crippen LogP contribution in [0.25, 0.3) is 33.0 Å². The van der Waals surface area contributed by atoms with Gasteiger partial charge in [-0.05, 0) is 38.1 Å². The number of ether oxygens (including phenoxy) is 4. The molecule has 0 saturated carbocycles. The monoisotopic (exact) mass is 827 g/mol. The van der Waals surface area contributed by atoms with E-state index in [4.69, 9.17) is 28.3 Å². The maximum Gasteiger partial charge on any atom is 0.312 e. The van der Waals surface area contributed by atoms with Crippen molar-refractivity contribution in [1.82, 2.24) is 4.98 Å². The van der Waals surface area contributed by atoms with Gasteiger partial charge in [0.1, 0.15) is 28.6 Å². The normalized spacial score (nSPS) is 29.8. The van der Waals surface area contributed by atoms with Crippen LogP contribution in [0.1, 0.15) is 64.4 Å². The van der Waals surface area contributed by atoms with Crippen molar-refractivity contribution in [3.63, 3.8) is 0 Å². The smallest absolute Gasteiger partial charge is 0.312 e. The average molecular weight is 828 g/mol. The number of hydrogen-bond acceptors (Lipinski definition) is 14. The van der Waals surface area contributed by atoms with E-state index in [0.717, 1.165) is 5.69 Å². The minimum Gasteiger partial charge on any atom is -0.505 e. The second-order valence-electron chi connectivity index (χ2n) is 16.3. The molecule has 0 fully saturated rings. The fourth-order valence-corrected chi connectivity index (χ4v) is 8.08. The molecule has 2 aliphatic heterocycles. The third-order valence-electron chi connectivity index (χ3n) is 11.8. The topological polar surface area (TPSA) is 207 Å². The maximum atomic E-state index is 14.6. The molecule has 4 N–H and O–H groups in total. The molecule has 0 saturated heterocycles. The first-order valence-electron chi connectivity index (χ1n) is 19.8. The van der Waals surface area contributed by atoms with Crippen LogP contribution in [0.3, 0.4) is 0 Å². The number of ketones is 1. The zero-order valence-corrected chi connectivity index (χ0v) is 35.6. The van der Waals surface area contributed by atoms with Gasteiger partial charge in [-0.15, -0.1) is 0 Å². The van der Waals surface area contributed by atoms with Gasteiger partial charge in [-0.25, -0.2) is 4.98 Å². The number of hydrogen-bond donors (Lipinski definition) is 4. The van der Waals surface area contributed by atoms with Crippen LogP contribution in [0.2, 0.25) is 0 Å². The standard InChI is InChI=1S/C45H53N3O12/c1-20-13-12-14-21(2)44(55)47-35-39(53)32-31(34-42(35)59-30-16-15-27(48(9)10)19-28(30)46-34)33-41(25(6)38(32)52)60-45(8,43(33)54)57-18-17-29(56-11)22(3)40(58-26(7)49)24(5)37(51)23(4)36(20)50/h12-20,22-24,29,36-37,40,50-51,53H,1-11H3,(H,47,55)/b13-12+,18-17+,21-14-/t20-,22+,23+,24+,29-,36-,37+,40+,45-/m0/s1. The summed E-state index contributed by atoms with van der Waals surface area (Å²) in [4.78, 5) is 61.9. The number of methoxy groups -OCH3 is 1. The van der Waals surface area contributed by atoms with Crippen LogP contribution < -0.4 is 20.4 Å². The number of nitrogens with zero attached hydrogens (tertiary/aromatic N) is 2. The molecule has 4 bridgehead atoms. The molecular formula is C45H53N3O12. The SMILES string of the molecule is CO[C@H]1/C=C/O[C@@]2(C)Oc3c(C)c(=O)c4c(O)c(c5oc6ccc(N(C)C)cc6nc5c4c3C2=O)NC(=O)/C(C)=C\C=C\[C@H](C)[C@H](O)[C@@H](C)[C@@H](O)[C@@H](C)[C@H](OC(C)=O)[C@@H]1C. The molecule has 1 aromatic heterocycles. The van der Waals surface area contributed by atoms with Gasteiger partial charge >= 0.3 is 11.8 Å². The fourth-order valence-electron chi connectivity index (χ4n) is 8.08. The third kappa shape index (κ3) is 7.72. The highest BCUT2D eigenvalue weighted by Gasteiger charge is 2.49. The van der Waals surface area contributed by atoms with Gasteiger partial charge < -0.3 is 48.9 Å². The number of aromatic nitrogens is 1. The van der Waals surface area contributed by atoms with Gasteiger partial charge in [0.05, 0.1) is 35.5 Å². The summed E-state index contributed by atoms with van der Waals surface area (Å²) in [5.74, 6) is -7.16. The van der Waals surface area contributed by atoms with Crippen molar-refractivity contribution < 1.29 is 53.1 Å². The molecule has 3 heterocycles. The fraction of sp³-hybridized carbons (Fsp3) is 0.444. The minimum absolute atomic E-state index is 0.000563. The van der Waals surface area contributed by atoms with Crippen molar-refractivity contribution in [2.24, 2.45) is 23.7 Å². The van der Waals surface area contributed by atoms with Gasteiger partial charge in [0, 0.05) is 80.9 Å². The lowest BCUT2D eigenvalue weighted by molar-refractivity contribution is -0.160. The number of nitrogens with one attached hydrogen (secondary N) is 1. The second-order valence-corrected chi connectivity index (χ2v) is 16.3. The Morgan fingerprint density at radius 1 is 0.983 bits per heavy atom. The van der Waals surface area contributed by atoms with Gasteiger partial charge in [0.2, 0.25) is 0 Å². The van der Waals surface area contributed by atoms with Gasteiger partial charge in [0.25, 0.3) is 11.7 Å². The molecule has 2 aliphatic rings. The van der Waals surface area contributed by atoms with E-state index >= 15 is 0 Å². The summed E-state index contributed by atoms with van der Waals surface area (Å²) in [6.45, 7) is 12.6. The average Bonchev–Trinajstić information content (AvgIpc) is 3.47. The second kappa shape index (κ2) is 16.7. The molecule has 1 amide bonds. The molecule has 0 aliphatic carbocycles. The highest BCUT2D eigenvalue weighted by molar-refractivity contribution is 6.26. The Hall–Kier alpha value is -5.77. The molecule has 15 heteroatoms. The summed E-state index contributed by atoms with van der Waals surface area (Å²) in [5, 5.41) is 37.2. The molecule has 320 valence electrons. The molecule has 0 unspecified atom stereocenters. The van der Waals surface area contributed by atoms with Crippen LogP contribution >= 0.6 is 0 Å². The third-order valence-corrected chi connectivity index (χ3v) is 11.8. The number of benzene rings is 3. The van der Waals surface area contributed by atoms with E-state index in [1.807, 2.05) is 19.0 Å². The number of carbonyl (C=O) groups excluding carboxylic acids is 3. The quantitative estimate of drug-likeness (QED) is 0.0802. The van der Waals surface area contributed by atoms with Crippen LogP contribution in [0.5, 0.6) is 11.5 Å². The zero-order valence-electron chi connectivity index (χ0n) is 35.6. The van der Waals surface area contributed by atoms with Gasteiger partial charge in [-0.2, -0.15) is 0 Å². The van der Waals surface area contributed by atoms with Crippen molar-refractivity contribution >= 4 is 62.0 Å². The van der Waals surface area contributed by atoms with Gasteiger partial charge in [-0.1, -0.05) is 45.9 Å². The summed E-state index contributed by atoms with van der Waals surface area (Å²) in [6, 6.07) is 5.24. The Labute approximate surface area is 347 Å². The van der Waals surface area contributed by atoms with Crippen LogP contribution in [0.4, 0.5) is 11.4 Å². The summed E-state index contributed by atoms with van der Waals surface area (Å²) < 4.78 is 30.2. The van der Waals surface area contributed by atoms with Crippen LogP contribution in [0, 0.1) is 30.6 Å². The first kappa shape index (κ1) is 43.8. The molecular weight excluding hydrogens is 775 g/mol. The summed E-state index contributed by atoms with van der Waals surface area (Å²) in [6.07, 6.45) is 3.65. The lowest BCUT2D eigenvalue weighted by atomic mass is 9.78. The number of aliphatic hydroxyl groups is 2. The summed E-state index contributed by atoms with van der Waals surface area (Å²) in [5.41, 5.74) is 0.501. The molecule has 9 atom stereocenters. The van der Waals surface area contributed by atoms with E-state index in [1.54, 1.807) is 58.0 Å². The Kier molecular flexibility index (Phi) is 12.2. The van der Waals surface area contributed by atoms with E-state index in [1.165, 1.54) is 53.2 Å². The number of anilines is 2. The zero-order chi connectivity index (χ0) is 44.1. The van der Waals surface area contributed by atoms with Crippen molar-refractivity contribution in [3.8, 4) is 11.5 Å². The lowest BCUT2D eigenvalue weighted by Crippen LogP contribution is -2.46. The first-order chi connectivity index (χ1) is 28.2. The number of amides is 1. The number of phenols is 1. The van der Waals surface area contributed by atoms with Gasteiger partial charge in [-0.3, -0.25) is 19.2 Å². The number of esters is 1. The molecule has 60 heavy (non-hydrogen) atoms. The van der Waals surface area contributed by atoms with E-state index in [0.29, 0.717) is 5.52 Å². The number of phenolic OH excluding ortho intramolecular Hbond substituents is 1. The molecule has 3 aromatic carbocycles. The Bertz CT molecular complexity index is 2540. The van der Waals surface area contributed by atoms with Crippen molar-refractivity contribution in [2.75, 3.05) is 31.4 Å². The minimum atomic E-state index is -2.03. The molecule has 0 spiro atoms. The van der Waals surface area contributed by atoms with Crippen LogP contribution in [-0.4, -0.2) is 89.4 Å². The number of fused-ring (bicyclic) bond motifs is 2. The van der Waals surface area contributed by atoms with Crippen molar-refractivity contribution in [3.05, 3.63) is 75.7 Å². The van der Waals surface area contributed by atoms with E-state index < -0.39 is 82.7 Å². The summed E-state index contributed by atoms with van der Waals surface area (Å²) >= 11 is 0. The highest BCUT2D eigenvalue weighted by Crippen LogP contribution is 2.48. The molecule has 4 aromatic rings. The van der Waals surface area contributed by atoms with Crippen molar-refractivity contribution in [2.45, 2.75) is 85.6 Å². The van der Waals surface area contributed by atoms with E-state index in [-0.39, 0.29) is 55.6 Å². The lowest BCUT2D eigenvalue weighted by Gasteiger charge is -2.38. The molecule has 15 nitrogen and oxygen atoms in total. The Balaban J connectivity index is 1.60. The molecule has 6 rings (SSSR count).